The molecule has 2 atom stereocenters. The molecule has 6 heteroatoms. The number of aliphatic hydroxyl groups is 1. The monoisotopic (exact) mass is 331 g/mol. The second-order valence-electron chi connectivity index (χ2n) is 4.59. The Balaban J connectivity index is 2.46. The molecule has 0 spiro atoms. The summed E-state index contributed by atoms with van der Waals surface area (Å²) in [5.74, 6) is -1.87. The van der Waals surface area contributed by atoms with Gasteiger partial charge < -0.3 is 10.8 Å². The SMILES string of the molecule is NCC(c1c(F)cccc1Cl)C(O)c1ccc(F)cc1Cl. The zero-order valence-corrected chi connectivity index (χ0v) is 12.4. The highest BCUT2D eigenvalue weighted by Gasteiger charge is 2.27. The van der Waals surface area contributed by atoms with Crippen LogP contribution < -0.4 is 5.73 Å². The number of aliphatic hydroxyl groups excluding tert-OH is 1. The lowest BCUT2D eigenvalue weighted by atomic mass is 9.88. The Hall–Kier alpha value is -1.20. The van der Waals surface area contributed by atoms with Gasteiger partial charge in [0.05, 0.1) is 6.10 Å². The van der Waals surface area contributed by atoms with Crippen molar-refractivity contribution in [2.45, 2.75) is 12.0 Å². The molecule has 0 amide bonds. The first-order valence-corrected chi connectivity index (χ1v) is 6.98. The Morgan fingerprint density at radius 2 is 1.81 bits per heavy atom. The van der Waals surface area contributed by atoms with Crippen molar-refractivity contribution in [1.82, 2.24) is 0 Å². The predicted molar refractivity (Wildman–Crippen MR) is 79.6 cm³/mol. The lowest BCUT2D eigenvalue weighted by molar-refractivity contribution is 0.146. The summed E-state index contributed by atoms with van der Waals surface area (Å²) in [6.07, 6.45) is -1.20. The number of nitrogens with two attached hydrogens (primary N) is 1. The molecule has 0 heterocycles. The summed E-state index contributed by atoms with van der Waals surface area (Å²) in [6.45, 7) is -0.0461. The Morgan fingerprint density at radius 1 is 1.10 bits per heavy atom. The van der Waals surface area contributed by atoms with E-state index in [4.69, 9.17) is 28.9 Å². The lowest BCUT2D eigenvalue weighted by Crippen LogP contribution is -2.22. The fraction of sp³-hybridized carbons (Fsp3) is 0.200. The largest absolute Gasteiger partial charge is 0.388 e. The van der Waals surface area contributed by atoms with Gasteiger partial charge in [0.25, 0.3) is 0 Å². The minimum absolute atomic E-state index is 0.0461. The van der Waals surface area contributed by atoms with E-state index in [0.717, 1.165) is 6.07 Å². The molecule has 0 bridgehead atoms. The summed E-state index contributed by atoms with van der Waals surface area (Å²) in [6, 6.07) is 7.81. The van der Waals surface area contributed by atoms with Crippen LogP contribution in [0.15, 0.2) is 36.4 Å². The van der Waals surface area contributed by atoms with E-state index >= 15 is 0 Å². The molecule has 0 saturated carbocycles. The van der Waals surface area contributed by atoms with Gasteiger partial charge in [-0.1, -0.05) is 35.3 Å². The smallest absolute Gasteiger partial charge is 0.128 e. The van der Waals surface area contributed by atoms with Crippen LogP contribution in [0.1, 0.15) is 23.1 Å². The maximum absolute atomic E-state index is 14.0. The van der Waals surface area contributed by atoms with Crippen molar-refractivity contribution in [2.24, 2.45) is 5.73 Å². The average molecular weight is 332 g/mol. The van der Waals surface area contributed by atoms with Gasteiger partial charge in [-0.25, -0.2) is 8.78 Å². The van der Waals surface area contributed by atoms with Gasteiger partial charge in [0.1, 0.15) is 11.6 Å². The zero-order valence-electron chi connectivity index (χ0n) is 10.9. The van der Waals surface area contributed by atoms with E-state index in [1.54, 1.807) is 0 Å². The average Bonchev–Trinajstić information content (AvgIpc) is 2.42. The summed E-state index contributed by atoms with van der Waals surface area (Å²) in [4.78, 5) is 0. The highest BCUT2D eigenvalue weighted by Crippen LogP contribution is 2.38. The van der Waals surface area contributed by atoms with Gasteiger partial charge in [0, 0.05) is 28.1 Å². The van der Waals surface area contributed by atoms with E-state index < -0.39 is 23.7 Å². The van der Waals surface area contributed by atoms with Crippen LogP contribution in [0, 0.1) is 11.6 Å². The summed E-state index contributed by atoms with van der Waals surface area (Å²) in [7, 11) is 0. The van der Waals surface area contributed by atoms with E-state index in [0.29, 0.717) is 0 Å². The lowest BCUT2D eigenvalue weighted by Gasteiger charge is -2.24. The molecule has 0 saturated heterocycles. The molecule has 0 fully saturated rings. The minimum atomic E-state index is -1.20. The van der Waals surface area contributed by atoms with Crippen LogP contribution in [0.25, 0.3) is 0 Å². The van der Waals surface area contributed by atoms with Gasteiger partial charge in [-0.2, -0.15) is 0 Å². The van der Waals surface area contributed by atoms with Crippen LogP contribution in [0.4, 0.5) is 8.78 Å². The molecular formula is C15H13Cl2F2NO. The fourth-order valence-electron chi connectivity index (χ4n) is 2.23. The molecule has 0 aliphatic rings. The second-order valence-corrected chi connectivity index (χ2v) is 5.40. The van der Waals surface area contributed by atoms with Gasteiger partial charge >= 0.3 is 0 Å². The van der Waals surface area contributed by atoms with Crippen molar-refractivity contribution >= 4 is 23.2 Å². The fourth-order valence-corrected chi connectivity index (χ4v) is 2.81. The third kappa shape index (κ3) is 3.35. The molecule has 2 aromatic rings. The van der Waals surface area contributed by atoms with Crippen molar-refractivity contribution in [2.75, 3.05) is 6.54 Å². The maximum atomic E-state index is 14.0. The number of benzene rings is 2. The van der Waals surface area contributed by atoms with Crippen molar-refractivity contribution in [3.8, 4) is 0 Å². The molecule has 112 valence electrons. The third-order valence-electron chi connectivity index (χ3n) is 3.29. The predicted octanol–water partition coefficient (Wildman–Crippen LogP) is 4.05. The van der Waals surface area contributed by atoms with Crippen LogP contribution >= 0.6 is 23.2 Å². The first-order valence-electron chi connectivity index (χ1n) is 6.22. The van der Waals surface area contributed by atoms with Crippen LogP contribution in [-0.2, 0) is 0 Å². The Bertz CT molecular complexity index is 631. The van der Waals surface area contributed by atoms with E-state index in [1.807, 2.05) is 0 Å². The molecule has 2 nitrogen and oxygen atoms in total. The number of hydrogen-bond donors (Lipinski definition) is 2. The highest BCUT2D eigenvalue weighted by atomic mass is 35.5. The zero-order chi connectivity index (χ0) is 15.6. The first-order chi connectivity index (χ1) is 9.95. The van der Waals surface area contributed by atoms with Gasteiger partial charge in [-0.05, 0) is 29.8 Å². The molecule has 0 aliphatic carbocycles. The van der Waals surface area contributed by atoms with Crippen LogP contribution in [-0.4, -0.2) is 11.7 Å². The Morgan fingerprint density at radius 3 is 2.38 bits per heavy atom. The van der Waals surface area contributed by atoms with Crippen molar-refractivity contribution in [3.63, 3.8) is 0 Å². The van der Waals surface area contributed by atoms with E-state index in [1.165, 1.54) is 30.3 Å². The minimum Gasteiger partial charge on any atom is -0.388 e. The van der Waals surface area contributed by atoms with E-state index in [9.17, 15) is 13.9 Å². The first kappa shape index (κ1) is 16.2. The van der Waals surface area contributed by atoms with Crippen LogP contribution in [0.3, 0.4) is 0 Å². The Labute approximate surface area is 131 Å². The summed E-state index contributed by atoms with van der Waals surface area (Å²) < 4.78 is 27.1. The van der Waals surface area contributed by atoms with Gasteiger partial charge in [0.15, 0.2) is 0 Å². The van der Waals surface area contributed by atoms with E-state index in [2.05, 4.69) is 0 Å². The maximum Gasteiger partial charge on any atom is 0.128 e. The molecule has 21 heavy (non-hydrogen) atoms. The van der Waals surface area contributed by atoms with Gasteiger partial charge in [-0.15, -0.1) is 0 Å². The molecule has 0 aromatic heterocycles. The van der Waals surface area contributed by atoms with Crippen LogP contribution in [0.2, 0.25) is 10.0 Å². The van der Waals surface area contributed by atoms with Crippen molar-refractivity contribution < 1.29 is 13.9 Å². The van der Waals surface area contributed by atoms with Crippen molar-refractivity contribution in [3.05, 3.63) is 69.2 Å². The molecular weight excluding hydrogens is 319 g/mol. The molecule has 0 radical (unpaired) electrons. The third-order valence-corrected chi connectivity index (χ3v) is 3.94. The highest BCUT2D eigenvalue weighted by molar-refractivity contribution is 6.31. The van der Waals surface area contributed by atoms with Gasteiger partial charge in [0.2, 0.25) is 0 Å². The normalized spacial score (nSPS) is 14.0. The molecule has 0 aliphatic heterocycles. The van der Waals surface area contributed by atoms with Crippen molar-refractivity contribution in [1.29, 1.82) is 0 Å². The summed E-state index contributed by atoms with van der Waals surface area (Å²) in [5, 5.41) is 10.7. The molecule has 2 rings (SSSR count). The van der Waals surface area contributed by atoms with Gasteiger partial charge in [-0.3, -0.25) is 0 Å². The number of rotatable bonds is 4. The Kier molecular flexibility index (Phi) is 5.17. The topological polar surface area (TPSA) is 46.2 Å². The quantitative estimate of drug-likeness (QED) is 0.887. The molecule has 2 aromatic carbocycles. The number of hydrogen-bond acceptors (Lipinski definition) is 2. The van der Waals surface area contributed by atoms with Crippen LogP contribution in [0.5, 0.6) is 0 Å². The van der Waals surface area contributed by atoms with E-state index in [-0.39, 0.29) is 27.7 Å². The second kappa shape index (κ2) is 6.71. The summed E-state index contributed by atoms with van der Waals surface area (Å²) in [5.41, 5.74) is 6.05. The number of halogens is 4. The standard InChI is InChI=1S/C15H13Cl2F2NO/c16-11-2-1-3-13(19)14(11)10(7-20)15(21)9-5-4-8(18)6-12(9)17/h1-6,10,15,21H,7,20H2. The molecule has 2 unspecified atom stereocenters. The molecule has 3 N–H and O–H groups in total. The summed E-state index contributed by atoms with van der Waals surface area (Å²) >= 11 is 11.9.